The molecule has 4 heteroatoms. The Hall–Kier alpha value is -1.97. The summed E-state index contributed by atoms with van der Waals surface area (Å²) in [7, 11) is 3.38. The average Bonchev–Trinajstić information content (AvgIpc) is 3.01. The van der Waals surface area contributed by atoms with Crippen LogP contribution in [0, 0.1) is 5.41 Å². The molecule has 0 atom stereocenters. The van der Waals surface area contributed by atoms with Gasteiger partial charge in [-0.2, -0.15) is 0 Å². The van der Waals surface area contributed by atoms with Gasteiger partial charge in [-0.05, 0) is 62.0 Å². The quantitative estimate of drug-likeness (QED) is 0.892. The molecule has 132 valence electrons. The predicted octanol–water partition coefficient (Wildman–Crippen LogP) is 4.49. The summed E-state index contributed by atoms with van der Waals surface area (Å²) < 4.78 is 11.0. The number of aromatic nitrogens is 1. The van der Waals surface area contributed by atoms with Gasteiger partial charge in [0.25, 0.3) is 0 Å². The fourth-order valence-corrected chi connectivity index (χ4v) is 5.13. The predicted molar refractivity (Wildman–Crippen MR) is 99.8 cm³/mol. The third kappa shape index (κ3) is 2.30. The number of nitrogens with one attached hydrogen (secondary N) is 1. The van der Waals surface area contributed by atoms with E-state index in [-0.39, 0.29) is 0 Å². The molecule has 2 aromatic rings. The number of aryl methyl sites for hydroxylation is 1. The van der Waals surface area contributed by atoms with Crippen molar-refractivity contribution in [2.75, 3.05) is 19.5 Å². The van der Waals surface area contributed by atoms with Crippen LogP contribution in [0.15, 0.2) is 12.1 Å². The summed E-state index contributed by atoms with van der Waals surface area (Å²) >= 11 is 0. The summed E-state index contributed by atoms with van der Waals surface area (Å²) in [6.45, 7) is 0. The van der Waals surface area contributed by atoms with Gasteiger partial charge in [0, 0.05) is 28.9 Å². The first kappa shape index (κ1) is 15.3. The van der Waals surface area contributed by atoms with Crippen molar-refractivity contribution >= 4 is 16.6 Å². The highest BCUT2D eigenvalue weighted by Crippen LogP contribution is 2.56. The van der Waals surface area contributed by atoms with Crippen molar-refractivity contribution in [2.24, 2.45) is 5.41 Å². The van der Waals surface area contributed by atoms with Gasteiger partial charge in [0.1, 0.15) is 0 Å². The summed E-state index contributed by atoms with van der Waals surface area (Å²) in [4.78, 5) is 4.93. The number of hydrogen-bond acceptors (Lipinski definition) is 4. The van der Waals surface area contributed by atoms with Crippen molar-refractivity contribution < 1.29 is 9.47 Å². The lowest BCUT2D eigenvalue weighted by molar-refractivity contribution is 0.0192. The van der Waals surface area contributed by atoms with Crippen molar-refractivity contribution in [1.29, 1.82) is 0 Å². The van der Waals surface area contributed by atoms with E-state index in [9.17, 15) is 0 Å². The van der Waals surface area contributed by atoms with Crippen LogP contribution in [0.25, 0.3) is 10.9 Å². The number of pyridine rings is 1. The van der Waals surface area contributed by atoms with E-state index in [1.807, 2.05) is 6.07 Å². The summed E-state index contributed by atoms with van der Waals surface area (Å²) in [6.07, 6.45) is 10.4. The molecular formula is C21H26N2O2. The molecule has 0 bridgehead atoms. The molecule has 2 fully saturated rings. The van der Waals surface area contributed by atoms with Crippen molar-refractivity contribution in [3.8, 4) is 11.5 Å². The molecule has 0 amide bonds. The average molecular weight is 338 g/mol. The van der Waals surface area contributed by atoms with E-state index in [0.717, 1.165) is 29.9 Å². The number of rotatable bonds is 4. The molecule has 3 aliphatic rings. The molecule has 0 saturated heterocycles. The number of fused-ring (bicyclic) bond motifs is 2. The molecule has 3 aliphatic carbocycles. The molecule has 1 aromatic heterocycles. The van der Waals surface area contributed by atoms with Gasteiger partial charge in [-0.25, -0.2) is 0 Å². The van der Waals surface area contributed by atoms with Gasteiger partial charge < -0.3 is 14.8 Å². The molecular weight excluding hydrogens is 312 g/mol. The Morgan fingerprint density at radius 1 is 1.04 bits per heavy atom. The summed E-state index contributed by atoms with van der Waals surface area (Å²) in [6, 6.07) is 4.73. The smallest absolute Gasteiger partial charge is 0.162 e. The van der Waals surface area contributed by atoms with Gasteiger partial charge >= 0.3 is 0 Å². The maximum Gasteiger partial charge on any atom is 0.162 e. The minimum absolute atomic E-state index is 0.615. The van der Waals surface area contributed by atoms with Crippen LogP contribution in [0.3, 0.4) is 0 Å². The van der Waals surface area contributed by atoms with E-state index >= 15 is 0 Å². The fourth-order valence-electron chi connectivity index (χ4n) is 5.13. The van der Waals surface area contributed by atoms with E-state index in [2.05, 4.69) is 11.4 Å². The topological polar surface area (TPSA) is 43.4 Å². The minimum Gasteiger partial charge on any atom is -0.493 e. The molecule has 2 saturated carbocycles. The van der Waals surface area contributed by atoms with E-state index in [1.54, 1.807) is 14.2 Å². The first-order chi connectivity index (χ1) is 12.2. The minimum atomic E-state index is 0.615. The highest BCUT2D eigenvalue weighted by molar-refractivity contribution is 5.96. The Balaban J connectivity index is 1.57. The van der Waals surface area contributed by atoms with Crippen LogP contribution < -0.4 is 14.8 Å². The number of methoxy groups -OCH3 is 2. The zero-order chi connectivity index (χ0) is 17.0. The second-order valence-electron chi connectivity index (χ2n) is 8.09. The van der Waals surface area contributed by atoms with Crippen LogP contribution in [0.5, 0.6) is 11.5 Å². The number of nitrogens with zero attached hydrogens (tertiary/aromatic N) is 1. The molecule has 4 nitrogen and oxygen atoms in total. The number of benzene rings is 1. The van der Waals surface area contributed by atoms with E-state index in [1.165, 1.54) is 60.9 Å². The van der Waals surface area contributed by atoms with Gasteiger partial charge in [-0.3, -0.25) is 4.98 Å². The van der Waals surface area contributed by atoms with Gasteiger partial charge in [0.05, 0.1) is 19.7 Å². The number of ether oxygens (including phenoxy) is 2. The lowest BCUT2D eigenvalue weighted by Gasteiger charge is -2.54. The maximum atomic E-state index is 5.54. The van der Waals surface area contributed by atoms with Gasteiger partial charge in [0.2, 0.25) is 0 Å². The van der Waals surface area contributed by atoms with Crippen LogP contribution in [0.2, 0.25) is 0 Å². The van der Waals surface area contributed by atoms with Crippen molar-refractivity contribution in [3.05, 3.63) is 23.4 Å². The Morgan fingerprint density at radius 2 is 1.80 bits per heavy atom. The fraction of sp³-hybridized carbons (Fsp3) is 0.571. The Bertz CT molecular complexity index is 834. The van der Waals surface area contributed by atoms with E-state index in [0.29, 0.717) is 11.5 Å². The highest BCUT2D eigenvalue weighted by atomic mass is 16.5. The molecule has 1 spiro atoms. The standard InChI is InChI=1S/C21H26N2O2/c1-24-18-9-15-17(10-19(18)25-2)23-16-6-3-5-14(16)20(15)22-13-11-21(12-13)7-4-8-21/h9-10,13H,3-8,11-12H2,1-2H3,(H,22,23). The largest absolute Gasteiger partial charge is 0.493 e. The zero-order valence-corrected chi connectivity index (χ0v) is 15.2. The second-order valence-corrected chi connectivity index (χ2v) is 8.09. The first-order valence-corrected chi connectivity index (χ1v) is 9.55. The molecule has 1 aromatic carbocycles. The molecule has 5 rings (SSSR count). The van der Waals surface area contributed by atoms with E-state index in [4.69, 9.17) is 14.5 Å². The summed E-state index contributed by atoms with van der Waals surface area (Å²) in [5.41, 5.74) is 5.69. The normalized spacial score (nSPS) is 20.9. The van der Waals surface area contributed by atoms with Gasteiger partial charge in [-0.15, -0.1) is 0 Å². The SMILES string of the molecule is COc1cc2nc3c(c(NC4CC5(CCC5)C4)c2cc1OC)CCC3. The Kier molecular flexibility index (Phi) is 3.37. The van der Waals surface area contributed by atoms with Crippen molar-refractivity contribution in [3.63, 3.8) is 0 Å². The molecule has 1 N–H and O–H groups in total. The van der Waals surface area contributed by atoms with E-state index < -0.39 is 0 Å². The maximum absolute atomic E-state index is 5.54. The molecule has 1 heterocycles. The number of anilines is 1. The molecule has 0 unspecified atom stereocenters. The zero-order valence-electron chi connectivity index (χ0n) is 15.2. The van der Waals surface area contributed by atoms with Gasteiger partial charge in [-0.1, -0.05) is 6.42 Å². The van der Waals surface area contributed by atoms with Crippen LogP contribution >= 0.6 is 0 Å². The van der Waals surface area contributed by atoms with Crippen molar-refractivity contribution in [1.82, 2.24) is 4.98 Å². The Labute approximate surface area is 148 Å². The highest BCUT2D eigenvalue weighted by Gasteiger charge is 2.48. The lowest BCUT2D eigenvalue weighted by atomic mass is 9.54. The summed E-state index contributed by atoms with van der Waals surface area (Å²) in [5.74, 6) is 1.53. The van der Waals surface area contributed by atoms with Crippen molar-refractivity contribution in [2.45, 2.75) is 57.4 Å². The van der Waals surface area contributed by atoms with Crippen LogP contribution in [-0.4, -0.2) is 25.2 Å². The molecule has 0 aliphatic heterocycles. The second kappa shape index (κ2) is 5.52. The van der Waals surface area contributed by atoms with Gasteiger partial charge in [0.15, 0.2) is 11.5 Å². The van der Waals surface area contributed by atoms with Crippen LogP contribution in [0.1, 0.15) is 49.8 Å². The molecule has 0 radical (unpaired) electrons. The third-order valence-corrected chi connectivity index (χ3v) is 6.64. The summed E-state index contributed by atoms with van der Waals surface area (Å²) in [5, 5.41) is 5.07. The third-order valence-electron chi connectivity index (χ3n) is 6.64. The van der Waals surface area contributed by atoms with Crippen LogP contribution in [-0.2, 0) is 12.8 Å². The number of hydrogen-bond donors (Lipinski definition) is 1. The lowest BCUT2D eigenvalue weighted by Crippen LogP contribution is -2.49. The first-order valence-electron chi connectivity index (χ1n) is 9.55. The molecule has 25 heavy (non-hydrogen) atoms. The monoisotopic (exact) mass is 338 g/mol. The Morgan fingerprint density at radius 3 is 2.48 bits per heavy atom. The van der Waals surface area contributed by atoms with Crippen LogP contribution in [0.4, 0.5) is 5.69 Å².